The SMILES string of the molecule is C[C@@H]1NC(=O)[C@@H](N)CNC(=O)[C@H]([C@H]2CCN=C(N)N2)NC(=O)/C(=C\NC(N)=O)NC(=O)C(CNC(=O)C[C@@H](N)CCCN)NC1=O.NCCC[C@H](N)CC(=O)NCC1NC(=O)[C@H](CO)NC(=O)[C@@H](N)CNC(=O)C([C@H]2CCN=C(N)N2)NC(=O)/C(=C\NC(N)=O)NC1=O.O=S(=O)(O)O.O=S(=O)(O)O. The van der Waals surface area contributed by atoms with Crippen molar-refractivity contribution in [3.63, 3.8) is 0 Å². The summed E-state index contributed by atoms with van der Waals surface area (Å²) in [4.78, 5) is 188. The molecule has 4 aliphatic rings. The average molecular weight is 1520 g/mol. The van der Waals surface area contributed by atoms with Crippen LogP contribution >= 0.6 is 0 Å². The molecule has 16 amide bonds. The van der Waals surface area contributed by atoms with E-state index in [1.807, 2.05) is 5.32 Å². The number of nitrogens with two attached hydrogens (primary N) is 10. The fourth-order valence-corrected chi connectivity index (χ4v) is 8.63. The molecule has 0 aromatic rings. The molecule has 53 heteroatoms. The number of aliphatic imine (C=N–C) groups is 2. The number of aliphatic hydroxyl groups excluding tert-OH is 1. The molecular weight excluding hydrogens is 1420 g/mol. The molecular formula is C50H92N28O23S2. The van der Waals surface area contributed by atoms with Gasteiger partial charge in [0.05, 0.1) is 18.7 Å². The zero-order chi connectivity index (χ0) is 78.5. The Morgan fingerprint density at radius 1 is 0.534 bits per heavy atom. The van der Waals surface area contributed by atoms with Gasteiger partial charge in [0.1, 0.15) is 59.7 Å². The van der Waals surface area contributed by atoms with E-state index in [-0.39, 0.29) is 57.2 Å². The molecule has 0 bridgehead atoms. The maximum atomic E-state index is 13.5. The van der Waals surface area contributed by atoms with E-state index in [0.29, 0.717) is 38.8 Å². The number of nitrogens with zero attached hydrogens (tertiary/aromatic N) is 2. The summed E-state index contributed by atoms with van der Waals surface area (Å²) >= 11 is 0. The maximum Gasteiger partial charge on any atom is 0.394 e. The number of hydrogen-bond acceptors (Lipinski definition) is 31. The number of hydrogen-bond donors (Lipinski definition) is 31. The third kappa shape index (κ3) is 38.9. The van der Waals surface area contributed by atoms with Crippen LogP contribution in [0.2, 0.25) is 0 Å². The van der Waals surface area contributed by atoms with Crippen LogP contribution in [-0.2, 0) is 78.3 Å². The van der Waals surface area contributed by atoms with Crippen LogP contribution in [0.15, 0.2) is 33.8 Å². The summed E-state index contributed by atoms with van der Waals surface area (Å²) in [5, 5.41) is 48.1. The lowest BCUT2D eigenvalue weighted by atomic mass is 10.0. The van der Waals surface area contributed by atoms with Crippen molar-refractivity contribution in [1.82, 2.24) is 85.1 Å². The van der Waals surface area contributed by atoms with Crippen molar-refractivity contribution >= 4 is 116 Å². The fraction of sp³-hybridized carbons (Fsp3) is 0.600. The average Bonchev–Trinajstić information content (AvgIpc) is 0.834. The Balaban J connectivity index is 0.000000908. The van der Waals surface area contributed by atoms with E-state index >= 15 is 0 Å². The summed E-state index contributed by atoms with van der Waals surface area (Å²) in [6.45, 7) is -0.284. The minimum Gasteiger partial charge on any atom is -0.394 e. The molecule has 0 radical (unpaired) electrons. The van der Waals surface area contributed by atoms with Crippen LogP contribution in [0.1, 0.15) is 58.3 Å². The Hall–Kier alpha value is -10.3. The van der Waals surface area contributed by atoms with E-state index in [4.69, 9.17) is 92.4 Å². The number of aliphatic hydroxyl groups is 1. The summed E-state index contributed by atoms with van der Waals surface area (Å²) in [5.41, 5.74) is 55.2. The Morgan fingerprint density at radius 3 is 1.22 bits per heavy atom. The fourth-order valence-electron chi connectivity index (χ4n) is 8.63. The van der Waals surface area contributed by atoms with Gasteiger partial charge >= 0.3 is 32.9 Å². The quantitative estimate of drug-likeness (QED) is 0.0422. The molecule has 0 saturated carbocycles. The van der Waals surface area contributed by atoms with Gasteiger partial charge in [0.2, 0.25) is 59.1 Å². The molecule has 3 unspecified atom stereocenters. The van der Waals surface area contributed by atoms with E-state index < -0.39 is 214 Å². The third-order valence-corrected chi connectivity index (χ3v) is 13.7. The highest BCUT2D eigenvalue weighted by Crippen LogP contribution is 2.10. The molecule has 4 rings (SSSR count). The molecule has 2 saturated heterocycles. The van der Waals surface area contributed by atoms with Crippen LogP contribution < -0.4 is 142 Å². The number of nitrogens with one attached hydrogen (secondary N) is 16. The number of amides is 16. The van der Waals surface area contributed by atoms with Crippen LogP contribution in [0, 0.1) is 0 Å². The molecule has 0 spiro atoms. The number of rotatable bonds is 19. The lowest BCUT2D eigenvalue weighted by Gasteiger charge is -2.31. The van der Waals surface area contributed by atoms with Crippen LogP contribution in [0.4, 0.5) is 9.59 Å². The van der Waals surface area contributed by atoms with E-state index in [1.165, 1.54) is 6.92 Å². The van der Waals surface area contributed by atoms with E-state index in [1.54, 1.807) is 0 Å². The maximum absolute atomic E-state index is 13.5. The standard InChI is InChI=1S/C25H44N14O8.C25H44N14O7.2H2O4S/c26-4-1-2-11(27)6-17(41)32-8-14-20(43)35-15(9-34-25(30)47)21(44)39-18(13-3-5-31-24(29)38-13)23(46)33-7-12(28)19(42)37-16(10-40)22(45)36-14;1-11-19(41)36-15(9-32-17(40)7-12(27)3-2-5-26)21(43)37-16(10-34-25(30)46)22(44)39-18(14-4-6-31-24(29)38-14)23(45)33-8-13(28)20(42)35-11;2*1-5(2,3)4/h9,11-14,16,18,40H,1-8,10,26-28H2,(H,32,41)(H,33,46)(H,35,43)(H,36,45)(H,37,42)(H,39,44)(H3,29,31,38)(H3,30,34,47);10-15,18H,2-9,26-28H2,1H3,(H,32,40)(H,33,45)(H,35,42)(H,36,41)(H,37,43)(H,39,44)(H3,29,31,38)(H3,30,34,46);2*(H2,1,2,3,4)/b15-9+;16-10+;;/t11-,12-,13+,14?,16-,18?;11-,12-,13-,14+,15?,18-;;/m00../s1. The molecule has 2 fully saturated rings. The van der Waals surface area contributed by atoms with Crippen LogP contribution in [0.3, 0.4) is 0 Å². The molecule has 4 aliphatic heterocycles. The van der Waals surface area contributed by atoms with Gasteiger partial charge in [0, 0.05) is 76.6 Å². The van der Waals surface area contributed by atoms with Crippen LogP contribution in [0.25, 0.3) is 0 Å². The number of carbonyl (C=O) groups is 14. The van der Waals surface area contributed by atoms with Gasteiger partial charge in [-0.25, -0.2) is 9.59 Å². The largest absolute Gasteiger partial charge is 0.394 e. The minimum absolute atomic E-state index is 0.0101. The van der Waals surface area contributed by atoms with E-state index in [0.717, 1.165) is 12.4 Å². The van der Waals surface area contributed by atoms with E-state index in [9.17, 15) is 72.2 Å². The second-order valence-electron chi connectivity index (χ2n) is 22.2. The first kappa shape index (κ1) is 90.7. The van der Waals surface area contributed by atoms with Gasteiger partial charge in [0.25, 0.3) is 11.8 Å². The smallest absolute Gasteiger partial charge is 0.394 e. The van der Waals surface area contributed by atoms with Gasteiger partial charge in [-0.2, -0.15) is 16.8 Å². The number of primary amides is 2. The van der Waals surface area contributed by atoms with Crippen molar-refractivity contribution in [3.05, 3.63) is 23.8 Å². The highest BCUT2D eigenvalue weighted by atomic mass is 32.3. The highest BCUT2D eigenvalue weighted by Gasteiger charge is 2.38. The van der Waals surface area contributed by atoms with Crippen molar-refractivity contribution in [3.8, 4) is 0 Å². The lowest BCUT2D eigenvalue weighted by Crippen LogP contribution is -2.64. The Kier molecular flexibility index (Phi) is 40.1. The second-order valence-corrected chi connectivity index (χ2v) is 24.0. The third-order valence-electron chi connectivity index (χ3n) is 13.7. The Bertz CT molecular complexity index is 3320. The number of carbonyl (C=O) groups excluding carboxylic acids is 14. The van der Waals surface area contributed by atoms with Crippen molar-refractivity contribution in [2.24, 2.45) is 67.3 Å². The molecule has 4 heterocycles. The van der Waals surface area contributed by atoms with Gasteiger partial charge in [0.15, 0.2) is 11.9 Å². The molecule has 582 valence electrons. The molecule has 0 aromatic carbocycles. The van der Waals surface area contributed by atoms with Gasteiger partial charge < -0.3 is 148 Å². The van der Waals surface area contributed by atoms with E-state index in [2.05, 4.69) is 89.7 Å². The first-order chi connectivity index (χ1) is 48.0. The lowest BCUT2D eigenvalue weighted by molar-refractivity contribution is -0.134. The Labute approximate surface area is 587 Å². The molecule has 41 N–H and O–H groups in total. The van der Waals surface area contributed by atoms with Crippen LogP contribution in [0.5, 0.6) is 0 Å². The predicted octanol–water partition coefficient (Wildman–Crippen LogP) is -16.7. The molecule has 0 aromatic heterocycles. The first-order valence-electron chi connectivity index (χ1n) is 30.6. The van der Waals surface area contributed by atoms with Gasteiger partial charge in [-0.1, -0.05) is 0 Å². The van der Waals surface area contributed by atoms with Gasteiger partial charge in [-0.15, -0.1) is 0 Å². The first-order valence-corrected chi connectivity index (χ1v) is 33.4. The van der Waals surface area contributed by atoms with Gasteiger partial charge in [-0.3, -0.25) is 85.7 Å². The van der Waals surface area contributed by atoms with Crippen molar-refractivity contribution in [2.75, 3.05) is 59.0 Å². The molecule has 12 atom stereocenters. The monoisotopic (exact) mass is 1520 g/mol. The Morgan fingerprint density at radius 2 is 0.883 bits per heavy atom. The van der Waals surface area contributed by atoms with Crippen molar-refractivity contribution in [1.29, 1.82) is 0 Å². The summed E-state index contributed by atoms with van der Waals surface area (Å²) < 4.78 is 63.2. The zero-order valence-corrected chi connectivity index (χ0v) is 56.8. The summed E-state index contributed by atoms with van der Waals surface area (Å²) in [5.74, 6) is -10.7. The summed E-state index contributed by atoms with van der Waals surface area (Å²) in [7, 11) is -9.33. The summed E-state index contributed by atoms with van der Waals surface area (Å²) in [6, 6.07) is -16.3. The van der Waals surface area contributed by atoms with Crippen LogP contribution in [-0.4, -0.2) is 266 Å². The second kappa shape index (κ2) is 45.5. The summed E-state index contributed by atoms with van der Waals surface area (Å²) in [6.07, 6.45) is 3.86. The van der Waals surface area contributed by atoms with Crippen molar-refractivity contribution < 1.29 is 107 Å². The number of guanidine groups is 2. The molecule has 103 heavy (non-hydrogen) atoms. The highest BCUT2D eigenvalue weighted by molar-refractivity contribution is 7.80. The zero-order valence-electron chi connectivity index (χ0n) is 55.2. The normalized spacial score (nSPS) is 25.0. The van der Waals surface area contributed by atoms with Gasteiger partial charge in [-0.05, 0) is 58.5 Å². The predicted molar refractivity (Wildman–Crippen MR) is 356 cm³/mol. The van der Waals surface area contributed by atoms with Crippen molar-refractivity contribution in [2.45, 2.75) is 131 Å². The number of urea groups is 2. The molecule has 0 aliphatic carbocycles. The minimum atomic E-state index is -4.67. The topological polar surface area (TPSA) is 886 Å². The molecule has 51 nitrogen and oxygen atoms in total.